The standard InChI is InChI=1S/C21H21ClN4O3S/c1-4-18(20(27)23-12-6-7-16(28-3)13(22)10-12)30-21-15-11-17-14(8-9-29-17)26(15)19(5-2)24-25-21/h6-11,18H,4-5H2,1-3H3,(H,23,27)/t18-/m0/s1. The average molecular weight is 445 g/mol. The Hall–Kier alpha value is -2.71. The molecule has 1 aromatic carbocycles. The Morgan fingerprint density at radius 1 is 1.27 bits per heavy atom. The highest BCUT2D eigenvalue weighted by Crippen LogP contribution is 2.33. The molecule has 0 aliphatic rings. The van der Waals surface area contributed by atoms with Crippen LogP contribution in [0.15, 0.2) is 46.0 Å². The van der Waals surface area contributed by atoms with Crippen LogP contribution in [0.2, 0.25) is 5.02 Å². The predicted molar refractivity (Wildman–Crippen MR) is 119 cm³/mol. The topological polar surface area (TPSA) is 81.7 Å². The summed E-state index contributed by atoms with van der Waals surface area (Å²) in [5.74, 6) is 1.27. The van der Waals surface area contributed by atoms with Gasteiger partial charge in [-0.1, -0.05) is 37.2 Å². The van der Waals surface area contributed by atoms with E-state index in [2.05, 4.69) is 15.5 Å². The molecule has 30 heavy (non-hydrogen) atoms. The van der Waals surface area contributed by atoms with Gasteiger partial charge in [0, 0.05) is 24.2 Å². The van der Waals surface area contributed by atoms with Crippen LogP contribution in [0, 0.1) is 0 Å². The fourth-order valence-electron chi connectivity index (χ4n) is 3.30. The van der Waals surface area contributed by atoms with Crippen molar-refractivity contribution in [2.45, 2.75) is 37.0 Å². The summed E-state index contributed by atoms with van der Waals surface area (Å²) in [6.45, 7) is 4.00. The Bertz CT molecular complexity index is 1220. The highest BCUT2D eigenvalue weighted by molar-refractivity contribution is 8.00. The second kappa shape index (κ2) is 8.57. The molecule has 0 unspecified atom stereocenters. The van der Waals surface area contributed by atoms with Crippen LogP contribution in [0.25, 0.3) is 16.6 Å². The fourth-order valence-corrected chi connectivity index (χ4v) is 4.52. The number of rotatable bonds is 7. The van der Waals surface area contributed by atoms with Crippen molar-refractivity contribution in [3.8, 4) is 5.75 Å². The van der Waals surface area contributed by atoms with Gasteiger partial charge in [0.1, 0.15) is 16.6 Å². The van der Waals surface area contributed by atoms with Crippen molar-refractivity contribution < 1.29 is 13.9 Å². The van der Waals surface area contributed by atoms with Crippen molar-refractivity contribution in [2.24, 2.45) is 0 Å². The van der Waals surface area contributed by atoms with Gasteiger partial charge in [0.25, 0.3) is 0 Å². The first-order valence-corrected chi connectivity index (χ1v) is 10.9. The second-order valence-electron chi connectivity index (χ2n) is 6.66. The summed E-state index contributed by atoms with van der Waals surface area (Å²) < 4.78 is 12.8. The van der Waals surface area contributed by atoms with E-state index in [1.165, 1.54) is 11.8 Å². The van der Waals surface area contributed by atoms with Crippen LogP contribution in [-0.2, 0) is 11.2 Å². The molecule has 9 heteroatoms. The highest BCUT2D eigenvalue weighted by Gasteiger charge is 2.23. The normalized spacial score (nSPS) is 12.4. The number of aryl methyl sites for hydroxylation is 1. The Morgan fingerprint density at radius 2 is 2.10 bits per heavy atom. The number of anilines is 1. The zero-order valence-electron chi connectivity index (χ0n) is 16.8. The number of nitrogens with one attached hydrogen (secondary N) is 1. The van der Waals surface area contributed by atoms with Gasteiger partial charge in [-0.2, -0.15) is 0 Å². The van der Waals surface area contributed by atoms with Crippen molar-refractivity contribution in [1.29, 1.82) is 0 Å². The van der Waals surface area contributed by atoms with Gasteiger partial charge in [0.15, 0.2) is 5.58 Å². The van der Waals surface area contributed by atoms with Crippen LogP contribution in [-0.4, -0.2) is 32.9 Å². The largest absolute Gasteiger partial charge is 0.495 e. The summed E-state index contributed by atoms with van der Waals surface area (Å²) >= 11 is 7.56. The molecule has 0 saturated heterocycles. The molecule has 1 amide bonds. The minimum Gasteiger partial charge on any atom is -0.495 e. The van der Waals surface area contributed by atoms with Gasteiger partial charge >= 0.3 is 0 Å². The number of furan rings is 1. The number of nitrogens with zero attached hydrogens (tertiary/aromatic N) is 3. The van der Waals surface area contributed by atoms with Crippen LogP contribution < -0.4 is 10.1 Å². The molecule has 0 bridgehead atoms. The van der Waals surface area contributed by atoms with Gasteiger partial charge in [-0.05, 0) is 24.6 Å². The Morgan fingerprint density at radius 3 is 2.80 bits per heavy atom. The Kier molecular flexibility index (Phi) is 5.87. The zero-order chi connectivity index (χ0) is 21.3. The van der Waals surface area contributed by atoms with E-state index in [4.69, 9.17) is 20.8 Å². The van der Waals surface area contributed by atoms with Crippen molar-refractivity contribution in [3.05, 3.63) is 47.4 Å². The lowest BCUT2D eigenvalue weighted by molar-refractivity contribution is -0.115. The van der Waals surface area contributed by atoms with Crippen molar-refractivity contribution in [1.82, 2.24) is 14.6 Å². The number of hydrogen-bond acceptors (Lipinski definition) is 6. The van der Waals surface area contributed by atoms with E-state index < -0.39 is 0 Å². The first-order valence-electron chi connectivity index (χ1n) is 9.61. The monoisotopic (exact) mass is 444 g/mol. The summed E-state index contributed by atoms with van der Waals surface area (Å²) in [5.41, 5.74) is 3.22. The van der Waals surface area contributed by atoms with Gasteiger partial charge in [-0.25, -0.2) is 0 Å². The van der Waals surface area contributed by atoms with Crippen molar-refractivity contribution >= 4 is 51.6 Å². The number of thioether (sulfide) groups is 1. The number of amides is 1. The maximum absolute atomic E-state index is 12.9. The first-order chi connectivity index (χ1) is 14.5. The number of aromatic nitrogens is 3. The number of fused-ring (bicyclic) bond motifs is 3. The van der Waals surface area contributed by atoms with Gasteiger partial charge in [-0.15, -0.1) is 10.2 Å². The molecule has 1 atom stereocenters. The summed E-state index contributed by atoms with van der Waals surface area (Å²) in [5, 5.41) is 12.5. The summed E-state index contributed by atoms with van der Waals surface area (Å²) in [6, 6.07) is 9.01. The first kappa shape index (κ1) is 20.6. The molecule has 4 rings (SSSR count). The van der Waals surface area contributed by atoms with Crippen molar-refractivity contribution in [3.63, 3.8) is 0 Å². The number of carbonyl (C=O) groups excluding carboxylic acids is 1. The molecule has 156 valence electrons. The van der Waals surface area contributed by atoms with Crippen LogP contribution in [0.5, 0.6) is 5.75 Å². The summed E-state index contributed by atoms with van der Waals surface area (Å²) in [4.78, 5) is 12.9. The lowest BCUT2D eigenvalue weighted by Gasteiger charge is -2.15. The molecule has 0 saturated carbocycles. The van der Waals surface area contributed by atoms with E-state index in [1.54, 1.807) is 31.6 Å². The lowest BCUT2D eigenvalue weighted by atomic mass is 10.2. The Balaban J connectivity index is 1.61. The molecule has 1 N–H and O–H groups in total. The highest BCUT2D eigenvalue weighted by atomic mass is 35.5. The van der Waals surface area contributed by atoms with Crippen molar-refractivity contribution in [2.75, 3.05) is 12.4 Å². The van der Waals surface area contributed by atoms with E-state index in [1.807, 2.05) is 30.4 Å². The van der Waals surface area contributed by atoms with E-state index >= 15 is 0 Å². The molecule has 0 fully saturated rings. The molecular formula is C21H21ClN4O3S. The smallest absolute Gasteiger partial charge is 0.237 e. The molecule has 4 aromatic rings. The van der Waals surface area contributed by atoms with Gasteiger partial charge in [0.2, 0.25) is 5.91 Å². The molecule has 3 heterocycles. The van der Waals surface area contributed by atoms with E-state index in [0.717, 1.165) is 28.9 Å². The molecule has 0 aliphatic heterocycles. The molecule has 0 aliphatic carbocycles. The number of carbonyl (C=O) groups is 1. The number of benzene rings is 1. The van der Waals surface area contributed by atoms with E-state index in [0.29, 0.717) is 27.9 Å². The number of hydrogen-bond donors (Lipinski definition) is 1. The molecular weight excluding hydrogens is 424 g/mol. The minimum absolute atomic E-state index is 0.126. The predicted octanol–water partition coefficient (Wildman–Crippen LogP) is 5.21. The van der Waals surface area contributed by atoms with Crippen LogP contribution in [0.4, 0.5) is 5.69 Å². The fraction of sp³-hybridized carbons (Fsp3) is 0.286. The minimum atomic E-state index is -0.349. The third-order valence-electron chi connectivity index (χ3n) is 4.81. The quantitative estimate of drug-likeness (QED) is 0.394. The lowest BCUT2D eigenvalue weighted by Crippen LogP contribution is -2.25. The molecule has 3 aromatic heterocycles. The molecule has 0 radical (unpaired) electrons. The zero-order valence-corrected chi connectivity index (χ0v) is 18.4. The number of ether oxygens (including phenoxy) is 1. The van der Waals surface area contributed by atoms with Crippen LogP contribution in [0.1, 0.15) is 26.1 Å². The van der Waals surface area contributed by atoms with Gasteiger partial charge < -0.3 is 14.5 Å². The summed E-state index contributed by atoms with van der Waals surface area (Å²) in [7, 11) is 1.55. The van der Waals surface area contributed by atoms with E-state index in [9.17, 15) is 4.79 Å². The molecule has 7 nitrogen and oxygen atoms in total. The Labute approximate surface area is 182 Å². The summed E-state index contributed by atoms with van der Waals surface area (Å²) in [6.07, 6.45) is 3.02. The third-order valence-corrected chi connectivity index (χ3v) is 6.45. The maximum atomic E-state index is 12.9. The molecule has 0 spiro atoms. The van der Waals surface area contributed by atoms with Crippen LogP contribution >= 0.6 is 23.4 Å². The SMILES string of the molecule is CCc1nnc(S[C@@H](CC)C(=O)Nc2ccc(OC)c(Cl)c2)c2cc3occc3n12. The third kappa shape index (κ3) is 3.73. The maximum Gasteiger partial charge on any atom is 0.237 e. The van der Waals surface area contributed by atoms with Gasteiger partial charge in [0.05, 0.1) is 34.7 Å². The van der Waals surface area contributed by atoms with Gasteiger partial charge in [-0.3, -0.25) is 9.20 Å². The number of halogens is 1. The van der Waals surface area contributed by atoms with E-state index in [-0.39, 0.29) is 11.2 Å². The second-order valence-corrected chi connectivity index (χ2v) is 8.26. The average Bonchev–Trinajstić information content (AvgIpc) is 3.34. The number of methoxy groups -OCH3 is 1. The van der Waals surface area contributed by atoms with Crippen LogP contribution in [0.3, 0.4) is 0 Å².